The zero-order valence-electron chi connectivity index (χ0n) is 13.4. The Bertz CT molecular complexity index is 744. The van der Waals surface area contributed by atoms with Crippen LogP contribution in [0.15, 0.2) is 54.6 Å². The molecule has 0 aromatic heterocycles. The minimum Gasteiger partial charge on any atom is -0.481 e. The fourth-order valence-corrected chi connectivity index (χ4v) is 2.91. The number of aliphatic carboxylic acids is 1. The van der Waals surface area contributed by atoms with E-state index in [0.717, 1.165) is 5.56 Å². The summed E-state index contributed by atoms with van der Waals surface area (Å²) in [6.07, 6.45) is -0.647. The zero-order valence-corrected chi connectivity index (χ0v) is 13.4. The molecule has 1 N–H and O–H groups in total. The van der Waals surface area contributed by atoms with Gasteiger partial charge in [0.15, 0.2) is 0 Å². The first-order valence-corrected chi connectivity index (χ1v) is 7.86. The number of hydrogen-bond acceptors (Lipinski definition) is 3. The molecule has 1 heterocycles. The van der Waals surface area contributed by atoms with Crippen molar-refractivity contribution in [2.45, 2.75) is 25.6 Å². The fraction of sp³-hybridized carbons (Fsp3) is 0.263. The number of hydrogen-bond donors (Lipinski definition) is 1. The Morgan fingerprint density at radius 1 is 1.17 bits per heavy atom. The molecule has 5 heteroatoms. The number of anilines is 1. The summed E-state index contributed by atoms with van der Waals surface area (Å²) in [7, 11) is 0. The van der Waals surface area contributed by atoms with Crippen LogP contribution in [0.25, 0.3) is 0 Å². The van der Waals surface area contributed by atoms with Crippen molar-refractivity contribution in [3.8, 4) is 0 Å². The third kappa shape index (κ3) is 3.16. The van der Waals surface area contributed by atoms with Crippen molar-refractivity contribution in [2.24, 2.45) is 0 Å². The summed E-state index contributed by atoms with van der Waals surface area (Å²) in [5, 5.41) is 9.38. The van der Waals surface area contributed by atoms with E-state index in [2.05, 4.69) is 0 Å². The van der Waals surface area contributed by atoms with Crippen molar-refractivity contribution in [3.63, 3.8) is 0 Å². The van der Waals surface area contributed by atoms with Crippen LogP contribution in [-0.2, 0) is 20.9 Å². The molecule has 1 amide bonds. The molecule has 1 aliphatic rings. The SMILES string of the molecule is CC(OCc1ccccc1)C(=O)N1CC(C(=O)O)c2ccccc21. The molecule has 2 aromatic carbocycles. The van der Waals surface area contributed by atoms with E-state index in [1.807, 2.05) is 30.3 Å². The molecule has 24 heavy (non-hydrogen) atoms. The number of benzene rings is 2. The Morgan fingerprint density at radius 2 is 1.83 bits per heavy atom. The molecule has 5 nitrogen and oxygen atoms in total. The monoisotopic (exact) mass is 325 g/mol. The molecule has 0 spiro atoms. The average molecular weight is 325 g/mol. The number of fused-ring (bicyclic) bond motifs is 1. The first-order valence-electron chi connectivity index (χ1n) is 7.86. The molecule has 0 aliphatic carbocycles. The molecule has 2 aromatic rings. The lowest BCUT2D eigenvalue weighted by Crippen LogP contribution is -2.39. The van der Waals surface area contributed by atoms with Crippen LogP contribution in [0.5, 0.6) is 0 Å². The number of carboxylic acids is 1. The second kappa shape index (κ2) is 6.84. The second-order valence-corrected chi connectivity index (χ2v) is 5.84. The number of nitrogens with zero attached hydrogens (tertiary/aromatic N) is 1. The molecule has 3 rings (SSSR count). The van der Waals surface area contributed by atoms with Gasteiger partial charge in [0, 0.05) is 12.2 Å². The summed E-state index contributed by atoms with van der Waals surface area (Å²) in [6, 6.07) is 16.8. The number of carbonyl (C=O) groups is 2. The van der Waals surface area contributed by atoms with Gasteiger partial charge in [0.1, 0.15) is 12.0 Å². The van der Waals surface area contributed by atoms with E-state index in [0.29, 0.717) is 17.9 Å². The molecular weight excluding hydrogens is 306 g/mol. The van der Waals surface area contributed by atoms with Crippen molar-refractivity contribution < 1.29 is 19.4 Å². The van der Waals surface area contributed by atoms with Crippen LogP contribution in [0, 0.1) is 0 Å². The van der Waals surface area contributed by atoms with Crippen LogP contribution >= 0.6 is 0 Å². The van der Waals surface area contributed by atoms with Crippen LogP contribution in [0.2, 0.25) is 0 Å². The van der Waals surface area contributed by atoms with Gasteiger partial charge >= 0.3 is 5.97 Å². The maximum atomic E-state index is 12.7. The molecule has 0 bridgehead atoms. The molecule has 2 unspecified atom stereocenters. The van der Waals surface area contributed by atoms with Crippen LogP contribution in [0.4, 0.5) is 5.69 Å². The minimum atomic E-state index is -0.921. The number of rotatable bonds is 5. The van der Waals surface area contributed by atoms with Gasteiger partial charge < -0.3 is 14.7 Å². The maximum absolute atomic E-state index is 12.7. The lowest BCUT2D eigenvalue weighted by molar-refractivity contribution is -0.138. The van der Waals surface area contributed by atoms with E-state index in [1.165, 1.54) is 4.90 Å². The highest BCUT2D eigenvalue weighted by atomic mass is 16.5. The highest BCUT2D eigenvalue weighted by Crippen LogP contribution is 2.36. The number of carbonyl (C=O) groups excluding carboxylic acids is 1. The maximum Gasteiger partial charge on any atom is 0.312 e. The third-order valence-corrected chi connectivity index (χ3v) is 4.22. The van der Waals surface area contributed by atoms with Gasteiger partial charge in [-0.2, -0.15) is 0 Å². The molecule has 0 saturated heterocycles. The molecule has 0 radical (unpaired) electrons. The van der Waals surface area contributed by atoms with Crippen molar-refractivity contribution in [1.29, 1.82) is 0 Å². The van der Waals surface area contributed by atoms with Crippen LogP contribution in [0.1, 0.15) is 24.0 Å². The highest BCUT2D eigenvalue weighted by Gasteiger charge is 2.37. The fourth-order valence-electron chi connectivity index (χ4n) is 2.91. The predicted molar refractivity (Wildman–Crippen MR) is 89.9 cm³/mol. The molecule has 2 atom stereocenters. The van der Waals surface area contributed by atoms with E-state index < -0.39 is 18.0 Å². The number of amides is 1. The average Bonchev–Trinajstić information content (AvgIpc) is 3.00. The molecular formula is C19H19NO4. The Morgan fingerprint density at radius 3 is 2.54 bits per heavy atom. The Kier molecular flexibility index (Phi) is 4.62. The van der Waals surface area contributed by atoms with Gasteiger partial charge in [0.05, 0.1) is 6.61 Å². The van der Waals surface area contributed by atoms with Crippen molar-refractivity contribution in [2.75, 3.05) is 11.4 Å². The summed E-state index contributed by atoms with van der Waals surface area (Å²) < 4.78 is 5.67. The summed E-state index contributed by atoms with van der Waals surface area (Å²) in [5.74, 6) is -1.83. The van der Waals surface area contributed by atoms with Gasteiger partial charge in [-0.15, -0.1) is 0 Å². The van der Waals surface area contributed by atoms with E-state index in [1.54, 1.807) is 31.2 Å². The van der Waals surface area contributed by atoms with Crippen molar-refractivity contribution >= 4 is 17.6 Å². The Hall–Kier alpha value is -2.66. The largest absolute Gasteiger partial charge is 0.481 e. The summed E-state index contributed by atoms with van der Waals surface area (Å²) in [6.45, 7) is 2.18. The molecule has 0 saturated carbocycles. The molecule has 1 aliphatic heterocycles. The standard InChI is InChI=1S/C19H19NO4/c1-13(24-12-14-7-3-2-4-8-14)18(21)20-11-16(19(22)23)15-9-5-6-10-17(15)20/h2-10,13,16H,11-12H2,1H3,(H,22,23). The van der Waals surface area contributed by atoms with Gasteiger partial charge in [-0.05, 0) is 24.1 Å². The van der Waals surface area contributed by atoms with Crippen molar-refractivity contribution in [1.82, 2.24) is 0 Å². The van der Waals surface area contributed by atoms with Gasteiger partial charge in [0.25, 0.3) is 5.91 Å². The first kappa shape index (κ1) is 16.2. The topological polar surface area (TPSA) is 66.8 Å². The summed E-state index contributed by atoms with van der Waals surface area (Å²) in [5.41, 5.74) is 2.32. The lowest BCUT2D eigenvalue weighted by atomic mass is 10.0. The van der Waals surface area contributed by atoms with Gasteiger partial charge in [0.2, 0.25) is 0 Å². The third-order valence-electron chi connectivity index (χ3n) is 4.22. The lowest BCUT2D eigenvalue weighted by Gasteiger charge is -2.22. The van der Waals surface area contributed by atoms with Crippen LogP contribution in [0.3, 0.4) is 0 Å². The smallest absolute Gasteiger partial charge is 0.312 e. The number of ether oxygens (including phenoxy) is 1. The Labute approximate surface area is 140 Å². The molecule has 0 fully saturated rings. The van der Waals surface area contributed by atoms with Gasteiger partial charge in [-0.3, -0.25) is 9.59 Å². The first-order chi connectivity index (χ1) is 11.6. The van der Waals surface area contributed by atoms with Crippen LogP contribution < -0.4 is 4.90 Å². The van der Waals surface area contributed by atoms with E-state index in [9.17, 15) is 14.7 Å². The van der Waals surface area contributed by atoms with E-state index in [-0.39, 0.29) is 12.5 Å². The number of carboxylic acid groups (broad SMARTS) is 1. The molecule has 124 valence electrons. The van der Waals surface area contributed by atoms with Gasteiger partial charge in [-0.25, -0.2) is 0 Å². The summed E-state index contributed by atoms with van der Waals surface area (Å²) >= 11 is 0. The zero-order chi connectivity index (χ0) is 17.1. The van der Waals surface area contributed by atoms with E-state index >= 15 is 0 Å². The quantitative estimate of drug-likeness (QED) is 0.918. The van der Waals surface area contributed by atoms with Crippen LogP contribution in [-0.4, -0.2) is 29.6 Å². The predicted octanol–water partition coefficient (Wildman–Crippen LogP) is 2.81. The summed E-state index contributed by atoms with van der Waals surface area (Å²) in [4.78, 5) is 25.7. The normalized spacial score (nSPS) is 17.4. The number of para-hydroxylation sites is 1. The van der Waals surface area contributed by atoms with Crippen molar-refractivity contribution in [3.05, 3.63) is 65.7 Å². The second-order valence-electron chi connectivity index (χ2n) is 5.84. The Balaban J connectivity index is 1.72. The highest BCUT2D eigenvalue weighted by molar-refractivity contribution is 6.01. The minimum absolute atomic E-state index is 0.145. The van der Waals surface area contributed by atoms with E-state index in [4.69, 9.17) is 4.74 Å². The van der Waals surface area contributed by atoms with Gasteiger partial charge in [-0.1, -0.05) is 48.5 Å².